The number of benzene rings is 1. The zero-order valence-electron chi connectivity index (χ0n) is 18.3. The van der Waals surface area contributed by atoms with Gasteiger partial charge in [-0.1, -0.05) is 31.5 Å². The molecule has 1 aromatic carbocycles. The maximum absolute atomic E-state index is 12.4. The average molecular weight is 525 g/mol. The third-order valence-corrected chi connectivity index (χ3v) is 5.95. The average Bonchev–Trinajstić information content (AvgIpc) is 2.90. The number of amides is 1. The lowest BCUT2D eigenvalue weighted by atomic mass is 9.95. The van der Waals surface area contributed by atoms with Crippen LogP contribution in [0.2, 0.25) is 5.02 Å². The molecular formula is C19H27ClN2O9P2. The largest absolute Gasteiger partial charge is 0.524 e. The maximum atomic E-state index is 12.4. The summed E-state index contributed by atoms with van der Waals surface area (Å²) < 4.78 is 33.0. The Labute approximate surface area is 196 Å². The van der Waals surface area contributed by atoms with Crippen LogP contribution in [0.3, 0.4) is 0 Å². The second-order valence-corrected chi connectivity index (χ2v) is 10.6. The SMILES string of the molecule is Cc1c(C(N)=O)c(-c2ccc(OP(=O)(O)O)c(Cl)c2)c(CC(C)C)n1CCCOP(=O)(O)O. The van der Waals surface area contributed by atoms with Crippen molar-refractivity contribution in [1.29, 1.82) is 0 Å². The molecular weight excluding hydrogens is 498 g/mol. The lowest BCUT2D eigenvalue weighted by molar-refractivity contribution is 0.1000. The minimum atomic E-state index is -4.82. The van der Waals surface area contributed by atoms with Crippen LogP contribution in [0.15, 0.2) is 18.2 Å². The predicted molar refractivity (Wildman–Crippen MR) is 122 cm³/mol. The van der Waals surface area contributed by atoms with Crippen LogP contribution in [0.1, 0.15) is 42.0 Å². The van der Waals surface area contributed by atoms with Gasteiger partial charge in [0.05, 0.1) is 17.2 Å². The first-order valence-corrected chi connectivity index (χ1v) is 13.3. The van der Waals surface area contributed by atoms with Gasteiger partial charge < -0.3 is 24.6 Å². The summed E-state index contributed by atoms with van der Waals surface area (Å²) in [7, 11) is -9.41. The number of carbonyl (C=O) groups excluding carboxylic acids is 1. The summed E-state index contributed by atoms with van der Waals surface area (Å²) in [5, 5.41) is -0.0674. The molecule has 0 atom stereocenters. The van der Waals surface area contributed by atoms with Crippen molar-refractivity contribution in [2.75, 3.05) is 6.61 Å². The van der Waals surface area contributed by atoms with Gasteiger partial charge in [0, 0.05) is 23.5 Å². The molecule has 0 aliphatic carbocycles. The second kappa shape index (κ2) is 10.7. The molecule has 0 fully saturated rings. The van der Waals surface area contributed by atoms with Gasteiger partial charge in [0.15, 0.2) is 0 Å². The first kappa shape index (κ1) is 27.6. The van der Waals surface area contributed by atoms with Crippen LogP contribution in [0.25, 0.3) is 11.1 Å². The number of hydrogen-bond acceptors (Lipinski definition) is 5. The second-order valence-electron chi connectivity index (χ2n) is 7.80. The van der Waals surface area contributed by atoms with E-state index in [1.54, 1.807) is 6.92 Å². The highest BCUT2D eigenvalue weighted by Gasteiger charge is 2.26. The van der Waals surface area contributed by atoms with E-state index in [4.69, 9.17) is 36.9 Å². The number of halogens is 1. The molecule has 0 radical (unpaired) electrons. The van der Waals surface area contributed by atoms with Crippen molar-refractivity contribution < 1.29 is 42.5 Å². The van der Waals surface area contributed by atoms with E-state index in [1.165, 1.54) is 18.2 Å². The van der Waals surface area contributed by atoms with E-state index < -0.39 is 21.6 Å². The summed E-state index contributed by atoms with van der Waals surface area (Å²) in [6, 6.07) is 4.24. The van der Waals surface area contributed by atoms with E-state index in [0.29, 0.717) is 29.8 Å². The highest BCUT2D eigenvalue weighted by Crippen LogP contribution is 2.43. The molecule has 1 heterocycles. The Kier molecular flexibility index (Phi) is 8.95. The van der Waals surface area contributed by atoms with Crippen molar-refractivity contribution in [3.05, 3.63) is 40.2 Å². The Hall–Kier alpha value is -1.68. The molecule has 0 saturated carbocycles. The fourth-order valence-electron chi connectivity index (χ4n) is 3.58. The number of phosphoric acid groups is 2. The fourth-order valence-corrected chi connectivity index (χ4v) is 4.63. The number of rotatable bonds is 11. The minimum Gasteiger partial charge on any atom is -0.403 e. The first-order chi connectivity index (χ1) is 15.1. The van der Waals surface area contributed by atoms with Crippen LogP contribution in [0, 0.1) is 12.8 Å². The number of phosphoric ester groups is 2. The third kappa shape index (κ3) is 7.67. The highest BCUT2D eigenvalue weighted by molar-refractivity contribution is 7.46. The Morgan fingerprint density at radius 1 is 1.18 bits per heavy atom. The molecule has 2 rings (SSSR count). The Morgan fingerprint density at radius 2 is 1.82 bits per heavy atom. The van der Waals surface area contributed by atoms with E-state index in [1.807, 2.05) is 18.4 Å². The number of hydrogen-bond donors (Lipinski definition) is 5. The van der Waals surface area contributed by atoms with Gasteiger partial charge in [0.25, 0.3) is 5.91 Å². The normalized spacial score (nSPS) is 12.4. The van der Waals surface area contributed by atoms with Gasteiger partial charge in [0.2, 0.25) is 0 Å². The number of nitrogens with two attached hydrogens (primary N) is 1. The van der Waals surface area contributed by atoms with E-state index in [-0.39, 0.29) is 35.3 Å². The van der Waals surface area contributed by atoms with Gasteiger partial charge in [-0.15, -0.1) is 0 Å². The van der Waals surface area contributed by atoms with Crippen LogP contribution in [0.5, 0.6) is 5.75 Å². The van der Waals surface area contributed by atoms with Gasteiger partial charge in [-0.2, -0.15) is 0 Å². The summed E-state index contributed by atoms with van der Waals surface area (Å²) in [4.78, 5) is 48.2. The van der Waals surface area contributed by atoms with Crippen LogP contribution in [-0.4, -0.2) is 36.7 Å². The van der Waals surface area contributed by atoms with Gasteiger partial charge in [-0.3, -0.25) is 19.1 Å². The van der Waals surface area contributed by atoms with Gasteiger partial charge in [-0.25, -0.2) is 9.13 Å². The van der Waals surface area contributed by atoms with Gasteiger partial charge in [-0.05, 0) is 43.4 Å². The van der Waals surface area contributed by atoms with Crippen molar-refractivity contribution in [2.45, 2.75) is 40.2 Å². The molecule has 2 aromatic rings. The minimum absolute atomic E-state index is 0.0674. The zero-order chi connectivity index (χ0) is 25.1. The topological polar surface area (TPSA) is 182 Å². The van der Waals surface area contributed by atoms with E-state index >= 15 is 0 Å². The van der Waals surface area contributed by atoms with Crippen molar-refractivity contribution in [3.8, 4) is 16.9 Å². The highest BCUT2D eigenvalue weighted by atomic mass is 35.5. The number of carbonyl (C=O) groups is 1. The molecule has 0 saturated heterocycles. The fraction of sp³-hybridized carbons (Fsp3) is 0.421. The van der Waals surface area contributed by atoms with Crippen molar-refractivity contribution in [3.63, 3.8) is 0 Å². The molecule has 0 aliphatic heterocycles. The molecule has 6 N–H and O–H groups in total. The van der Waals surface area contributed by atoms with Crippen molar-refractivity contribution in [1.82, 2.24) is 4.57 Å². The molecule has 0 spiro atoms. The van der Waals surface area contributed by atoms with E-state index in [2.05, 4.69) is 9.05 Å². The molecule has 11 nitrogen and oxygen atoms in total. The lowest BCUT2D eigenvalue weighted by Crippen LogP contribution is -2.14. The Balaban J connectivity index is 2.58. The summed E-state index contributed by atoms with van der Waals surface area (Å²) in [6.07, 6.45) is 0.806. The first-order valence-electron chi connectivity index (χ1n) is 9.87. The quantitative estimate of drug-likeness (QED) is 0.217. The zero-order valence-corrected chi connectivity index (χ0v) is 20.8. The molecule has 0 bridgehead atoms. The molecule has 184 valence electrons. The summed E-state index contributed by atoms with van der Waals surface area (Å²) in [5.74, 6) is -0.716. The molecule has 0 aliphatic rings. The van der Waals surface area contributed by atoms with Crippen molar-refractivity contribution >= 4 is 33.2 Å². The van der Waals surface area contributed by atoms with Gasteiger partial charge in [0.1, 0.15) is 5.75 Å². The predicted octanol–water partition coefficient (Wildman–Crippen LogP) is 3.39. The monoisotopic (exact) mass is 524 g/mol. The molecule has 14 heteroatoms. The lowest BCUT2D eigenvalue weighted by Gasteiger charge is -2.16. The summed E-state index contributed by atoms with van der Waals surface area (Å²) >= 11 is 6.19. The molecule has 1 amide bonds. The Morgan fingerprint density at radius 3 is 2.30 bits per heavy atom. The molecule has 33 heavy (non-hydrogen) atoms. The van der Waals surface area contributed by atoms with Gasteiger partial charge >= 0.3 is 15.6 Å². The number of nitrogens with zero attached hydrogens (tertiary/aromatic N) is 1. The van der Waals surface area contributed by atoms with E-state index in [9.17, 15) is 13.9 Å². The van der Waals surface area contributed by atoms with Crippen LogP contribution in [0.4, 0.5) is 0 Å². The Bertz CT molecular complexity index is 1120. The maximum Gasteiger partial charge on any atom is 0.524 e. The summed E-state index contributed by atoms with van der Waals surface area (Å²) in [5.41, 5.74) is 8.28. The van der Waals surface area contributed by atoms with E-state index in [0.717, 1.165) is 5.69 Å². The number of primary amides is 1. The van der Waals surface area contributed by atoms with Crippen LogP contribution in [-0.2, 0) is 26.6 Å². The standard InChI is InChI=1S/C19H27ClN2O9P2/c1-11(2)9-15-18(13-5-6-16(14(20)10-13)31-33(27,28)29)17(19(21)23)12(3)22(15)7-4-8-30-32(24,25)26/h5-6,10-11H,4,7-9H2,1-3H3,(H2,21,23)(H2,24,25,26)(H2,27,28,29). The van der Waals surface area contributed by atoms with Crippen molar-refractivity contribution in [2.24, 2.45) is 11.7 Å². The molecule has 0 unspecified atom stereocenters. The van der Waals surface area contributed by atoms with Crippen LogP contribution >= 0.6 is 27.2 Å². The summed E-state index contributed by atoms with van der Waals surface area (Å²) in [6.45, 7) is 5.80. The molecule has 1 aromatic heterocycles. The third-order valence-electron chi connectivity index (χ3n) is 4.70. The smallest absolute Gasteiger partial charge is 0.403 e. The number of aromatic nitrogens is 1. The van der Waals surface area contributed by atoms with Crippen LogP contribution < -0.4 is 10.3 Å².